The lowest BCUT2D eigenvalue weighted by Gasteiger charge is -2.20. The van der Waals surface area contributed by atoms with E-state index < -0.39 is 0 Å². The Kier molecular flexibility index (Phi) is 5.12. The van der Waals surface area contributed by atoms with E-state index in [-0.39, 0.29) is 17.8 Å². The van der Waals surface area contributed by atoms with E-state index in [0.29, 0.717) is 17.9 Å². The number of hydrogen-bond acceptors (Lipinski definition) is 8. The zero-order valence-corrected chi connectivity index (χ0v) is 16.7. The maximum atomic E-state index is 12.3. The van der Waals surface area contributed by atoms with Crippen molar-refractivity contribution in [2.24, 2.45) is 4.99 Å². The van der Waals surface area contributed by atoms with Gasteiger partial charge in [0.15, 0.2) is 5.78 Å². The van der Waals surface area contributed by atoms with E-state index in [1.54, 1.807) is 24.8 Å². The van der Waals surface area contributed by atoms with Crippen molar-refractivity contribution in [1.82, 2.24) is 9.88 Å². The van der Waals surface area contributed by atoms with Crippen molar-refractivity contribution in [2.75, 3.05) is 25.9 Å². The fraction of sp³-hybridized carbons (Fsp3) is 0.368. The number of thiazole rings is 1. The van der Waals surface area contributed by atoms with Gasteiger partial charge in [-0.15, -0.1) is 23.1 Å². The largest absolute Gasteiger partial charge is 0.423 e. The molecule has 0 fully saturated rings. The quantitative estimate of drug-likeness (QED) is 0.579. The maximum Gasteiger partial charge on any atom is 0.339 e. The summed E-state index contributed by atoms with van der Waals surface area (Å²) in [6.45, 7) is 3.19. The zero-order valence-electron chi connectivity index (χ0n) is 15.1. The number of esters is 1. The molecule has 0 N–H and O–H groups in total. The van der Waals surface area contributed by atoms with Crippen LogP contribution in [0, 0.1) is 0 Å². The molecule has 1 aromatic carbocycles. The molecule has 0 saturated carbocycles. The molecular formula is C19H19N3O3S2. The van der Waals surface area contributed by atoms with Crippen LogP contribution in [0.3, 0.4) is 0 Å². The second kappa shape index (κ2) is 7.53. The number of aromatic nitrogens is 1. The van der Waals surface area contributed by atoms with E-state index in [0.717, 1.165) is 38.9 Å². The Morgan fingerprint density at radius 2 is 2.19 bits per heavy atom. The van der Waals surface area contributed by atoms with Crippen LogP contribution in [0.4, 0.5) is 0 Å². The number of thioether (sulfide) groups is 1. The van der Waals surface area contributed by atoms with Crippen LogP contribution in [0.15, 0.2) is 34.8 Å². The standard InChI is InChI=1S/C19H19N3O3S2/c1-11(23)15-10-26-17(21-15)18-20-14-4-3-13(9-16(14)27-18)25-19(24)12-5-7-22(2)8-6-12/h3-5,9,15H,6-8,10H2,1-2H3. The van der Waals surface area contributed by atoms with E-state index >= 15 is 0 Å². The monoisotopic (exact) mass is 401 g/mol. The van der Waals surface area contributed by atoms with Gasteiger partial charge in [-0.05, 0) is 32.5 Å². The second-order valence-corrected chi connectivity index (χ2v) is 8.69. The molecule has 0 aliphatic carbocycles. The zero-order chi connectivity index (χ0) is 19.0. The summed E-state index contributed by atoms with van der Waals surface area (Å²) in [4.78, 5) is 35.1. The molecule has 2 aliphatic rings. The summed E-state index contributed by atoms with van der Waals surface area (Å²) in [6, 6.07) is 5.19. The first-order chi connectivity index (χ1) is 13.0. The van der Waals surface area contributed by atoms with Crippen LogP contribution in [0.5, 0.6) is 5.75 Å². The van der Waals surface area contributed by atoms with Crippen LogP contribution in [0.2, 0.25) is 0 Å². The first-order valence-electron chi connectivity index (χ1n) is 8.71. The lowest BCUT2D eigenvalue weighted by molar-refractivity contribution is -0.130. The lowest BCUT2D eigenvalue weighted by atomic mass is 10.1. The highest BCUT2D eigenvalue weighted by Crippen LogP contribution is 2.32. The molecule has 4 rings (SSSR count). The minimum atomic E-state index is -0.285. The van der Waals surface area contributed by atoms with E-state index in [9.17, 15) is 9.59 Å². The summed E-state index contributed by atoms with van der Waals surface area (Å²) in [5.41, 5.74) is 1.56. The number of likely N-dealkylation sites (N-methyl/N-ethyl adjacent to an activating group) is 1. The van der Waals surface area contributed by atoms with Gasteiger partial charge in [-0.3, -0.25) is 9.79 Å². The minimum Gasteiger partial charge on any atom is -0.423 e. The van der Waals surface area contributed by atoms with Gasteiger partial charge in [0.2, 0.25) is 0 Å². The van der Waals surface area contributed by atoms with Gasteiger partial charge in [-0.2, -0.15) is 0 Å². The molecule has 140 valence electrons. The number of benzene rings is 1. The molecular weight excluding hydrogens is 382 g/mol. The highest BCUT2D eigenvalue weighted by Gasteiger charge is 2.25. The number of hydrogen-bond donors (Lipinski definition) is 0. The van der Waals surface area contributed by atoms with Crippen LogP contribution >= 0.6 is 23.1 Å². The van der Waals surface area contributed by atoms with Gasteiger partial charge < -0.3 is 9.64 Å². The molecule has 1 atom stereocenters. The Labute approximate surface area is 165 Å². The molecule has 1 unspecified atom stereocenters. The smallest absolute Gasteiger partial charge is 0.339 e. The fourth-order valence-corrected chi connectivity index (χ4v) is 5.07. The average Bonchev–Trinajstić information content (AvgIpc) is 3.28. The van der Waals surface area contributed by atoms with Gasteiger partial charge in [0.1, 0.15) is 21.8 Å². The summed E-state index contributed by atoms with van der Waals surface area (Å²) in [5.74, 6) is 0.988. The van der Waals surface area contributed by atoms with Crippen molar-refractivity contribution < 1.29 is 14.3 Å². The first kappa shape index (κ1) is 18.3. The third-order valence-electron chi connectivity index (χ3n) is 4.55. The minimum absolute atomic E-state index is 0.0796. The normalized spacial score (nSPS) is 20.4. The molecule has 8 heteroatoms. The van der Waals surface area contributed by atoms with Crippen LogP contribution < -0.4 is 4.74 Å². The number of fused-ring (bicyclic) bond motifs is 1. The van der Waals surface area contributed by atoms with Crippen molar-refractivity contribution in [3.8, 4) is 5.75 Å². The van der Waals surface area contributed by atoms with E-state index in [1.807, 2.05) is 25.3 Å². The number of Topliss-reactive ketones (excluding diaryl/α,β-unsaturated/α-hetero) is 1. The number of carbonyl (C=O) groups excluding carboxylic acids is 2. The van der Waals surface area contributed by atoms with Crippen molar-refractivity contribution in [2.45, 2.75) is 19.4 Å². The highest BCUT2D eigenvalue weighted by atomic mass is 32.2. The van der Waals surface area contributed by atoms with E-state index in [4.69, 9.17) is 4.74 Å². The summed E-state index contributed by atoms with van der Waals surface area (Å²) in [6.07, 6.45) is 2.63. The summed E-state index contributed by atoms with van der Waals surface area (Å²) >= 11 is 3.06. The van der Waals surface area contributed by atoms with Gasteiger partial charge in [0.25, 0.3) is 0 Å². The van der Waals surface area contributed by atoms with Crippen LogP contribution in [-0.4, -0.2) is 58.6 Å². The molecule has 2 aromatic rings. The summed E-state index contributed by atoms with van der Waals surface area (Å²) in [7, 11) is 2.03. The molecule has 1 aromatic heterocycles. The van der Waals surface area contributed by atoms with E-state index in [1.165, 1.54) is 11.3 Å². The first-order valence-corrected chi connectivity index (χ1v) is 10.5. The molecule has 3 heterocycles. The van der Waals surface area contributed by atoms with Crippen LogP contribution in [0.25, 0.3) is 10.2 Å². The number of rotatable bonds is 4. The SMILES string of the molecule is CC(=O)C1CSC(c2nc3ccc(OC(=O)C4=CCN(C)CC4)cc3s2)=N1. The Morgan fingerprint density at radius 1 is 1.33 bits per heavy atom. The summed E-state index contributed by atoms with van der Waals surface area (Å²) < 4.78 is 6.49. The predicted octanol–water partition coefficient (Wildman–Crippen LogP) is 2.91. The molecule has 6 nitrogen and oxygen atoms in total. The molecule has 0 amide bonds. The maximum absolute atomic E-state index is 12.3. The van der Waals surface area contributed by atoms with Crippen molar-refractivity contribution in [1.29, 1.82) is 0 Å². The average molecular weight is 402 g/mol. The predicted molar refractivity (Wildman–Crippen MR) is 109 cm³/mol. The van der Waals surface area contributed by atoms with Crippen LogP contribution in [0.1, 0.15) is 18.4 Å². The molecule has 0 bridgehead atoms. The van der Waals surface area contributed by atoms with E-state index in [2.05, 4.69) is 14.9 Å². The molecule has 2 aliphatic heterocycles. The van der Waals surface area contributed by atoms with Crippen LogP contribution in [-0.2, 0) is 9.59 Å². The van der Waals surface area contributed by atoms with Crippen molar-refractivity contribution in [3.05, 3.63) is 34.9 Å². The number of nitrogens with zero attached hydrogens (tertiary/aromatic N) is 3. The lowest BCUT2D eigenvalue weighted by Crippen LogP contribution is -2.27. The van der Waals surface area contributed by atoms with Gasteiger partial charge in [-0.1, -0.05) is 6.08 Å². The van der Waals surface area contributed by atoms with Crippen molar-refractivity contribution >= 4 is 50.1 Å². The number of carbonyl (C=O) groups is 2. The third-order valence-corrected chi connectivity index (χ3v) is 6.76. The molecule has 0 radical (unpaired) electrons. The number of ether oxygens (including phenoxy) is 1. The van der Waals surface area contributed by atoms with Crippen molar-refractivity contribution in [3.63, 3.8) is 0 Å². The molecule has 0 spiro atoms. The Morgan fingerprint density at radius 3 is 2.89 bits per heavy atom. The second-order valence-electron chi connectivity index (χ2n) is 6.65. The Bertz CT molecular complexity index is 980. The number of aliphatic imine (C=N–C) groups is 1. The topological polar surface area (TPSA) is 71.9 Å². The molecule has 0 saturated heterocycles. The van der Waals surface area contributed by atoms with Gasteiger partial charge >= 0.3 is 5.97 Å². The van der Waals surface area contributed by atoms with Gasteiger partial charge in [0.05, 0.1) is 10.2 Å². The number of ketones is 1. The Balaban J connectivity index is 1.52. The van der Waals surface area contributed by atoms with Gasteiger partial charge in [0, 0.05) is 30.5 Å². The molecule has 27 heavy (non-hydrogen) atoms. The highest BCUT2D eigenvalue weighted by molar-refractivity contribution is 8.15. The van der Waals surface area contributed by atoms with Gasteiger partial charge in [-0.25, -0.2) is 9.78 Å². The summed E-state index contributed by atoms with van der Waals surface area (Å²) in [5, 5.41) is 1.62. The third kappa shape index (κ3) is 3.97. The fourth-order valence-electron chi connectivity index (χ4n) is 2.89. The Hall–Kier alpha value is -2.03.